The van der Waals surface area contributed by atoms with Crippen molar-refractivity contribution in [1.29, 1.82) is 0 Å². The summed E-state index contributed by atoms with van der Waals surface area (Å²) in [5, 5.41) is 3.03. The molecule has 1 fully saturated rings. The minimum absolute atomic E-state index is 0.0626. The summed E-state index contributed by atoms with van der Waals surface area (Å²) < 4.78 is 10.8. The number of methoxy groups -OCH3 is 1. The van der Waals surface area contributed by atoms with Crippen molar-refractivity contribution in [3.8, 4) is 5.75 Å². The molecule has 1 aliphatic heterocycles. The van der Waals surface area contributed by atoms with Gasteiger partial charge in [0.05, 0.1) is 49.3 Å². The number of benzene rings is 2. The lowest BCUT2D eigenvalue weighted by molar-refractivity contribution is -0.116. The maximum absolute atomic E-state index is 12.5. The first-order valence-electron chi connectivity index (χ1n) is 10.4. The molecule has 160 valence electrons. The van der Waals surface area contributed by atoms with Crippen LogP contribution in [-0.4, -0.2) is 60.7 Å². The summed E-state index contributed by atoms with van der Waals surface area (Å²) in [6.07, 6.45) is 4.86. The number of ether oxygens (including phenoxy) is 2. The number of nitrogens with zero attached hydrogens (tertiary/aromatic N) is 3. The van der Waals surface area contributed by atoms with Crippen molar-refractivity contribution in [3.05, 3.63) is 72.1 Å². The molecule has 1 amide bonds. The van der Waals surface area contributed by atoms with E-state index in [1.54, 1.807) is 19.4 Å². The Balaban J connectivity index is 1.42. The molecule has 2 heterocycles. The predicted octanol–water partition coefficient (Wildman–Crippen LogP) is 2.84. The number of para-hydroxylation sites is 2. The zero-order valence-corrected chi connectivity index (χ0v) is 17.5. The quantitative estimate of drug-likeness (QED) is 0.595. The van der Waals surface area contributed by atoms with Gasteiger partial charge in [0.15, 0.2) is 0 Å². The maximum Gasteiger partial charge on any atom is 0.244 e. The predicted molar refractivity (Wildman–Crippen MR) is 120 cm³/mol. The Bertz CT molecular complexity index is 1050. The molecular weight excluding hydrogens is 392 g/mol. The number of morpholine rings is 1. The van der Waals surface area contributed by atoms with Gasteiger partial charge in [0, 0.05) is 25.7 Å². The number of carbonyl (C=O) groups excluding carboxylic acids is 1. The molecule has 0 bridgehead atoms. The van der Waals surface area contributed by atoms with Gasteiger partial charge < -0.3 is 14.8 Å². The van der Waals surface area contributed by atoms with Crippen molar-refractivity contribution in [1.82, 2.24) is 20.2 Å². The Morgan fingerprint density at radius 1 is 1.16 bits per heavy atom. The van der Waals surface area contributed by atoms with Crippen LogP contribution in [0.25, 0.3) is 17.1 Å². The highest BCUT2D eigenvalue weighted by molar-refractivity contribution is 5.91. The Kier molecular flexibility index (Phi) is 6.86. The number of fused-ring (bicyclic) bond motifs is 1. The van der Waals surface area contributed by atoms with E-state index in [2.05, 4.69) is 20.2 Å². The highest BCUT2D eigenvalue weighted by Crippen LogP contribution is 2.23. The van der Waals surface area contributed by atoms with Crippen LogP contribution < -0.4 is 10.1 Å². The average molecular weight is 418 g/mol. The van der Waals surface area contributed by atoms with Crippen molar-refractivity contribution in [2.24, 2.45) is 0 Å². The zero-order valence-electron chi connectivity index (χ0n) is 17.5. The summed E-state index contributed by atoms with van der Waals surface area (Å²) in [5.41, 5.74) is 3.41. The summed E-state index contributed by atoms with van der Waals surface area (Å²) in [5.74, 6) is 0.648. The number of hydrogen-bond acceptors (Lipinski definition) is 6. The second kappa shape index (κ2) is 10.1. The molecule has 1 atom stereocenters. The molecule has 1 unspecified atom stereocenters. The Labute approximate surface area is 181 Å². The van der Waals surface area contributed by atoms with E-state index in [9.17, 15) is 4.79 Å². The Morgan fingerprint density at radius 3 is 2.65 bits per heavy atom. The van der Waals surface area contributed by atoms with Crippen molar-refractivity contribution >= 4 is 23.0 Å². The molecule has 1 aliphatic rings. The average Bonchev–Trinajstić information content (AvgIpc) is 2.84. The number of amides is 1. The van der Waals surface area contributed by atoms with Gasteiger partial charge in [-0.1, -0.05) is 24.3 Å². The molecule has 7 nitrogen and oxygen atoms in total. The Hall–Kier alpha value is -3.29. The van der Waals surface area contributed by atoms with Gasteiger partial charge in [-0.25, -0.2) is 4.98 Å². The third kappa shape index (κ3) is 5.45. The summed E-state index contributed by atoms with van der Waals surface area (Å²) >= 11 is 0. The van der Waals surface area contributed by atoms with Crippen molar-refractivity contribution in [3.63, 3.8) is 0 Å². The molecule has 2 aromatic carbocycles. The van der Waals surface area contributed by atoms with Gasteiger partial charge in [-0.2, -0.15) is 0 Å². The second-order valence-electron chi connectivity index (χ2n) is 7.30. The van der Waals surface area contributed by atoms with Crippen LogP contribution in [0.1, 0.15) is 17.3 Å². The van der Waals surface area contributed by atoms with Crippen molar-refractivity contribution in [2.45, 2.75) is 6.04 Å². The molecule has 0 radical (unpaired) electrons. The monoisotopic (exact) mass is 418 g/mol. The lowest BCUT2D eigenvalue weighted by Crippen LogP contribution is -2.43. The summed E-state index contributed by atoms with van der Waals surface area (Å²) in [6.45, 7) is 3.55. The Morgan fingerprint density at radius 2 is 1.90 bits per heavy atom. The van der Waals surface area contributed by atoms with Gasteiger partial charge in [0.25, 0.3) is 0 Å². The van der Waals surface area contributed by atoms with E-state index in [1.807, 2.05) is 48.5 Å². The van der Waals surface area contributed by atoms with Crippen LogP contribution in [0.3, 0.4) is 0 Å². The van der Waals surface area contributed by atoms with Gasteiger partial charge in [0.2, 0.25) is 5.91 Å². The van der Waals surface area contributed by atoms with Gasteiger partial charge in [-0.05, 0) is 35.9 Å². The van der Waals surface area contributed by atoms with Crippen LogP contribution in [0, 0.1) is 0 Å². The summed E-state index contributed by atoms with van der Waals surface area (Å²) in [6, 6.07) is 15.7. The minimum atomic E-state index is -0.165. The summed E-state index contributed by atoms with van der Waals surface area (Å²) in [7, 11) is 1.65. The first-order chi connectivity index (χ1) is 15.2. The SMILES string of the molecule is COc1ccc(C(CNC(=O)/C=C/c2cnc3ccccc3n2)N2CCOCC2)cc1. The summed E-state index contributed by atoms with van der Waals surface area (Å²) in [4.78, 5) is 23.7. The van der Waals surface area contributed by atoms with Gasteiger partial charge in [-0.15, -0.1) is 0 Å². The van der Waals surface area contributed by atoms with Crippen LogP contribution in [0.2, 0.25) is 0 Å². The van der Waals surface area contributed by atoms with E-state index in [4.69, 9.17) is 9.47 Å². The molecule has 7 heteroatoms. The third-order valence-electron chi connectivity index (χ3n) is 5.33. The topological polar surface area (TPSA) is 76.6 Å². The number of rotatable bonds is 7. The minimum Gasteiger partial charge on any atom is -0.497 e. The molecular formula is C24H26N4O3. The fourth-order valence-electron chi connectivity index (χ4n) is 3.64. The molecule has 3 aromatic rings. The lowest BCUT2D eigenvalue weighted by Gasteiger charge is -2.34. The molecule has 4 rings (SSSR count). The van der Waals surface area contributed by atoms with E-state index >= 15 is 0 Å². The number of nitrogens with one attached hydrogen (secondary N) is 1. The van der Waals surface area contributed by atoms with E-state index in [1.165, 1.54) is 6.08 Å². The van der Waals surface area contributed by atoms with E-state index in [-0.39, 0.29) is 11.9 Å². The van der Waals surface area contributed by atoms with Crippen LogP contribution in [-0.2, 0) is 9.53 Å². The van der Waals surface area contributed by atoms with Gasteiger partial charge >= 0.3 is 0 Å². The van der Waals surface area contributed by atoms with Gasteiger partial charge in [0.1, 0.15) is 5.75 Å². The second-order valence-corrected chi connectivity index (χ2v) is 7.30. The first-order valence-corrected chi connectivity index (χ1v) is 10.4. The molecule has 0 saturated carbocycles. The highest BCUT2D eigenvalue weighted by atomic mass is 16.5. The molecule has 1 saturated heterocycles. The van der Waals surface area contributed by atoms with Crippen molar-refractivity contribution in [2.75, 3.05) is 40.0 Å². The highest BCUT2D eigenvalue weighted by Gasteiger charge is 2.23. The largest absolute Gasteiger partial charge is 0.497 e. The van der Waals surface area contributed by atoms with E-state index in [0.717, 1.165) is 35.4 Å². The smallest absolute Gasteiger partial charge is 0.244 e. The zero-order chi connectivity index (χ0) is 21.5. The molecule has 31 heavy (non-hydrogen) atoms. The van der Waals surface area contributed by atoms with Crippen LogP contribution in [0.15, 0.2) is 60.8 Å². The fraction of sp³-hybridized carbons (Fsp3) is 0.292. The molecule has 1 aromatic heterocycles. The molecule has 0 aliphatic carbocycles. The fourth-order valence-corrected chi connectivity index (χ4v) is 3.64. The van der Waals surface area contributed by atoms with Crippen LogP contribution in [0.5, 0.6) is 5.75 Å². The van der Waals surface area contributed by atoms with E-state index in [0.29, 0.717) is 25.5 Å². The third-order valence-corrected chi connectivity index (χ3v) is 5.33. The number of carbonyl (C=O) groups is 1. The number of hydrogen-bond donors (Lipinski definition) is 1. The van der Waals surface area contributed by atoms with Crippen LogP contribution >= 0.6 is 0 Å². The normalized spacial score (nSPS) is 15.8. The first kappa shape index (κ1) is 21.0. The van der Waals surface area contributed by atoms with E-state index < -0.39 is 0 Å². The number of aromatic nitrogens is 2. The standard InChI is InChI=1S/C24H26N4O3/c1-30-20-9-6-18(7-10-20)23(28-12-14-31-15-13-28)17-26-24(29)11-8-19-16-25-21-4-2-3-5-22(21)27-19/h2-11,16,23H,12-15,17H2,1H3,(H,26,29)/b11-8+. The molecule has 1 N–H and O–H groups in total. The van der Waals surface area contributed by atoms with Crippen molar-refractivity contribution < 1.29 is 14.3 Å². The maximum atomic E-state index is 12.5. The molecule has 0 spiro atoms. The lowest BCUT2D eigenvalue weighted by atomic mass is 10.0. The van der Waals surface area contributed by atoms with Gasteiger partial charge in [-0.3, -0.25) is 14.7 Å². The van der Waals surface area contributed by atoms with Crippen LogP contribution in [0.4, 0.5) is 0 Å².